The largest absolute Gasteiger partial charge is 0.497 e. The number of nitrogens with zero attached hydrogens (tertiary/aromatic N) is 2. The van der Waals surface area contributed by atoms with Gasteiger partial charge in [0.1, 0.15) is 5.75 Å². The van der Waals surface area contributed by atoms with Gasteiger partial charge >= 0.3 is 0 Å². The minimum Gasteiger partial charge on any atom is -0.497 e. The van der Waals surface area contributed by atoms with Crippen LogP contribution >= 0.6 is 12.2 Å². The van der Waals surface area contributed by atoms with Gasteiger partial charge in [-0.3, -0.25) is 15.5 Å². The zero-order valence-corrected chi connectivity index (χ0v) is 14.7. The Hall–Kier alpha value is -3.00. The first-order valence-electron chi connectivity index (χ1n) is 7.44. The molecule has 2 aromatic rings. The fraction of sp³-hybridized carbons (Fsp3) is 0.176. The van der Waals surface area contributed by atoms with Crippen LogP contribution in [0.1, 0.15) is 16.7 Å². The Morgan fingerprint density at radius 2 is 2.04 bits per heavy atom. The van der Waals surface area contributed by atoms with Gasteiger partial charge in [-0.25, -0.2) is 0 Å². The van der Waals surface area contributed by atoms with E-state index >= 15 is 0 Å². The molecule has 8 heteroatoms. The van der Waals surface area contributed by atoms with Crippen molar-refractivity contribution in [2.24, 2.45) is 5.10 Å². The van der Waals surface area contributed by atoms with Crippen LogP contribution in [-0.2, 0) is 6.54 Å². The Labute approximate surface area is 150 Å². The van der Waals surface area contributed by atoms with Gasteiger partial charge in [0, 0.05) is 23.7 Å². The number of ether oxygens (including phenoxy) is 1. The summed E-state index contributed by atoms with van der Waals surface area (Å²) in [5, 5.41) is 18.3. The van der Waals surface area contributed by atoms with E-state index < -0.39 is 4.92 Å². The van der Waals surface area contributed by atoms with E-state index in [9.17, 15) is 10.1 Å². The molecule has 2 N–H and O–H groups in total. The van der Waals surface area contributed by atoms with Crippen LogP contribution in [0.25, 0.3) is 0 Å². The van der Waals surface area contributed by atoms with Crippen molar-refractivity contribution in [3.63, 3.8) is 0 Å². The number of methoxy groups -OCH3 is 1. The van der Waals surface area contributed by atoms with E-state index in [0.29, 0.717) is 22.8 Å². The Morgan fingerprint density at radius 3 is 2.68 bits per heavy atom. The first kappa shape index (κ1) is 18.3. The Balaban J connectivity index is 1.85. The lowest BCUT2D eigenvalue weighted by Gasteiger charge is -2.07. The van der Waals surface area contributed by atoms with Crippen LogP contribution in [-0.4, -0.2) is 23.4 Å². The molecule has 0 heterocycles. The predicted molar refractivity (Wildman–Crippen MR) is 101 cm³/mol. The van der Waals surface area contributed by atoms with Crippen LogP contribution in [0.2, 0.25) is 0 Å². The van der Waals surface area contributed by atoms with E-state index in [1.54, 1.807) is 26.2 Å². The fourth-order valence-electron chi connectivity index (χ4n) is 2.03. The van der Waals surface area contributed by atoms with Gasteiger partial charge < -0.3 is 10.1 Å². The minimum absolute atomic E-state index is 0.0594. The number of rotatable bonds is 6. The van der Waals surface area contributed by atoms with Crippen LogP contribution in [0.3, 0.4) is 0 Å². The molecule has 25 heavy (non-hydrogen) atoms. The number of nitro groups is 1. The molecular weight excluding hydrogens is 340 g/mol. The summed E-state index contributed by atoms with van der Waals surface area (Å²) in [6.07, 6.45) is 1.48. The standard InChI is InChI=1S/C17H18N4O3S/c1-12-3-4-14(9-16(12)21(22)23)11-19-20-17(25)18-10-13-5-7-15(24-2)8-6-13/h3-9,11H,10H2,1-2H3,(H2,18,20,25)/b19-11-. The summed E-state index contributed by atoms with van der Waals surface area (Å²) < 4.78 is 5.10. The molecule has 2 aromatic carbocycles. The third-order valence-electron chi connectivity index (χ3n) is 3.42. The second-order valence-corrected chi connectivity index (χ2v) is 5.61. The predicted octanol–water partition coefficient (Wildman–Crippen LogP) is 2.91. The number of aryl methyl sites for hydroxylation is 1. The van der Waals surface area contributed by atoms with Crippen molar-refractivity contribution in [1.82, 2.24) is 10.7 Å². The average Bonchev–Trinajstić information content (AvgIpc) is 2.61. The van der Waals surface area contributed by atoms with Gasteiger partial charge in [0.15, 0.2) is 5.11 Å². The highest BCUT2D eigenvalue weighted by molar-refractivity contribution is 7.80. The first-order chi connectivity index (χ1) is 12.0. The van der Waals surface area contributed by atoms with Gasteiger partial charge in [0.25, 0.3) is 5.69 Å². The van der Waals surface area contributed by atoms with Gasteiger partial charge in [-0.05, 0) is 36.8 Å². The molecule has 0 saturated carbocycles. The third kappa shape index (κ3) is 5.54. The van der Waals surface area contributed by atoms with E-state index in [1.165, 1.54) is 12.3 Å². The highest BCUT2D eigenvalue weighted by Crippen LogP contribution is 2.18. The summed E-state index contributed by atoms with van der Waals surface area (Å²) in [6.45, 7) is 2.23. The number of benzene rings is 2. The van der Waals surface area contributed by atoms with Crippen molar-refractivity contribution in [3.8, 4) is 5.75 Å². The van der Waals surface area contributed by atoms with Gasteiger partial charge in [-0.15, -0.1) is 0 Å². The molecule has 130 valence electrons. The van der Waals surface area contributed by atoms with Crippen LogP contribution < -0.4 is 15.5 Å². The van der Waals surface area contributed by atoms with Crippen molar-refractivity contribution in [2.75, 3.05) is 7.11 Å². The number of thiocarbonyl (C=S) groups is 1. The maximum absolute atomic E-state index is 10.9. The van der Waals surface area contributed by atoms with E-state index in [4.69, 9.17) is 17.0 Å². The van der Waals surface area contributed by atoms with Crippen molar-refractivity contribution in [1.29, 1.82) is 0 Å². The number of nitrogens with one attached hydrogen (secondary N) is 2. The molecule has 0 unspecified atom stereocenters. The molecule has 0 fully saturated rings. The summed E-state index contributed by atoms with van der Waals surface area (Å²) in [5.74, 6) is 0.793. The Kier molecular flexibility index (Phi) is 6.41. The van der Waals surface area contributed by atoms with Gasteiger partial charge in [0.2, 0.25) is 0 Å². The lowest BCUT2D eigenvalue weighted by atomic mass is 10.1. The number of hydrogen-bond donors (Lipinski definition) is 2. The van der Waals surface area contributed by atoms with E-state index in [-0.39, 0.29) is 5.69 Å². The Morgan fingerprint density at radius 1 is 1.32 bits per heavy atom. The fourth-order valence-corrected chi connectivity index (χ4v) is 2.16. The molecule has 0 amide bonds. The van der Waals surface area contributed by atoms with E-state index in [2.05, 4.69) is 15.8 Å². The normalized spacial score (nSPS) is 10.5. The van der Waals surface area contributed by atoms with Crippen molar-refractivity contribution >= 4 is 29.2 Å². The lowest BCUT2D eigenvalue weighted by Crippen LogP contribution is -2.31. The molecule has 0 spiro atoms. The van der Waals surface area contributed by atoms with Gasteiger partial charge in [-0.2, -0.15) is 5.10 Å². The Bertz CT molecular complexity index is 791. The maximum atomic E-state index is 10.9. The quantitative estimate of drug-likeness (QED) is 0.357. The van der Waals surface area contributed by atoms with Crippen LogP contribution in [0, 0.1) is 17.0 Å². The molecule has 0 aliphatic heterocycles. The van der Waals surface area contributed by atoms with E-state index in [1.807, 2.05) is 24.3 Å². The van der Waals surface area contributed by atoms with Crippen molar-refractivity contribution in [2.45, 2.75) is 13.5 Å². The topological polar surface area (TPSA) is 88.8 Å². The zero-order valence-electron chi connectivity index (χ0n) is 13.9. The number of nitro benzene ring substituents is 1. The van der Waals surface area contributed by atoms with Crippen LogP contribution in [0.4, 0.5) is 5.69 Å². The molecule has 0 bridgehead atoms. The SMILES string of the molecule is COc1ccc(CNC(=S)N/N=C\c2ccc(C)c([N+](=O)[O-])c2)cc1. The maximum Gasteiger partial charge on any atom is 0.272 e. The molecule has 0 aliphatic carbocycles. The van der Waals surface area contributed by atoms with E-state index in [0.717, 1.165) is 11.3 Å². The first-order valence-corrected chi connectivity index (χ1v) is 7.85. The third-order valence-corrected chi connectivity index (χ3v) is 3.66. The monoisotopic (exact) mass is 358 g/mol. The molecular formula is C17H18N4O3S. The van der Waals surface area contributed by atoms with Crippen LogP contribution in [0.5, 0.6) is 5.75 Å². The zero-order chi connectivity index (χ0) is 18.2. The molecule has 0 saturated heterocycles. The highest BCUT2D eigenvalue weighted by Gasteiger charge is 2.09. The van der Waals surface area contributed by atoms with Gasteiger partial charge in [0.05, 0.1) is 18.2 Å². The summed E-state index contributed by atoms with van der Waals surface area (Å²) in [5.41, 5.74) is 5.00. The second-order valence-electron chi connectivity index (χ2n) is 5.20. The lowest BCUT2D eigenvalue weighted by molar-refractivity contribution is -0.385. The number of hydrazone groups is 1. The molecule has 7 nitrogen and oxygen atoms in total. The molecule has 0 aromatic heterocycles. The molecule has 0 aliphatic rings. The summed E-state index contributed by atoms with van der Waals surface area (Å²) >= 11 is 5.14. The minimum atomic E-state index is -0.416. The molecule has 0 radical (unpaired) electrons. The summed E-state index contributed by atoms with van der Waals surface area (Å²) in [4.78, 5) is 10.5. The smallest absolute Gasteiger partial charge is 0.272 e. The van der Waals surface area contributed by atoms with Crippen molar-refractivity contribution < 1.29 is 9.66 Å². The van der Waals surface area contributed by atoms with Crippen LogP contribution in [0.15, 0.2) is 47.6 Å². The average molecular weight is 358 g/mol. The molecule has 2 rings (SSSR count). The molecule has 0 atom stereocenters. The second kappa shape index (κ2) is 8.74. The van der Waals surface area contributed by atoms with Crippen molar-refractivity contribution in [3.05, 3.63) is 69.3 Å². The summed E-state index contributed by atoms with van der Waals surface area (Å²) in [7, 11) is 1.62. The highest BCUT2D eigenvalue weighted by atomic mass is 32.1. The van der Waals surface area contributed by atoms with Gasteiger partial charge in [-0.1, -0.05) is 24.3 Å². The summed E-state index contributed by atoms with van der Waals surface area (Å²) in [6, 6.07) is 12.5. The number of hydrogen-bond acceptors (Lipinski definition) is 5.